The number of carboxylic acid groups (broad SMARTS) is 1. The normalized spacial score (nSPS) is 23.5. The molecule has 1 amide bonds. The van der Waals surface area contributed by atoms with Gasteiger partial charge in [-0.25, -0.2) is 0 Å². The first kappa shape index (κ1) is 14.0. The van der Waals surface area contributed by atoms with E-state index in [1.54, 1.807) is 11.8 Å². The fraction of sp³-hybridized carbons (Fsp3) is 0.833. The van der Waals surface area contributed by atoms with Gasteiger partial charge in [0.05, 0.1) is 6.42 Å². The molecule has 0 aromatic carbocycles. The molecule has 2 atom stereocenters. The largest absolute Gasteiger partial charge is 0.481 e. The Labute approximate surface area is 102 Å². The molecule has 0 aromatic rings. The van der Waals surface area contributed by atoms with Crippen molar-refractivity contribution in [3.8, 4) is 0 Å². The van der Waals surface area contributed by atoms with Gasteiger partial charge in [-0.3, -0.25) is 9.59 Å². The van der Waals surface area contributed by atoms with Crippen molar-refractivity contribution in [2.24, 2.45) is 0 Å². The smallest absolute Gasteiger partial charge is 0.305 e. The van der Waals surface area contributed by atoms with E-state index in [1.807, 2.05) is 6.92 Å². The molecule has 0 bridgehead atoms. The van der Waals surface area contributed by atoms with Crippen molar-refractivity contribution in [2.75, 3.05) is 13.7 Å². The second-order valence-electron chi connectivity index (χ2n) is 4.68. The summed E-state index contributed by atoms with van der Waals surface area (Å²) < 4.78 is 5.28. The number of likely N-dealkylation sites (tertiary alicyclic amines) is 1. The molecule has 1 rings (SSSR count). The lowest BCUT2D eigenvalue weighted by Crippen LogP contribution is -2.50. The molecule has 1 N–H and O–H groups in total. The highest BCUT2D eigenvalue weighted by Crippen LogP contribution is 2.26. The van der Waals surface area contributed by atoms with Gasteiger partial charge in [-0.05, 0) is 26.2 Å². The molecule has 5 nitrogen and oxygen atoms in total. The molecule has 0 saturated carbocycles. The number of rotatable bonds is 5. The number of carbonyl (C=O) groups excluding carboxylic acids is 1. The first-order valence-electron chi connectivity index (χ1n) is 6.02. The Hall–Kier alpha value is -1.10. The Morgan fingerprint density at radius 2 is 2.18 bits per heavy atom. The number of methoxy groups -OCH3 is 1. The second kappa shape index (κ2) is 5.49. The summed E-state index contributed by atoms with van der Waals surface area (Å²) in [6.07, 6.45) is 2.24. The monoisotopic (exact) mass is 243 g/mol. The van der Waals surface area contributed by atoms with E-state index in [0.29, 0.717) is 13.0 Å². The Bertz CT molecular complexity index is 299. The predicted octanol–water partition coefficient (Wildman–Crippen LogP) is 1.27. The number of ether oxygens (including phenoxy) is 1. The minimum Gasteiger partial charge on any atom is -0.481 e. The van der Waals surface area contributed by atoms with Crippen LogP contribution in [0.2, 0.25) is 0 Å². The topological polar surface area (TPSA) is 66.8 Å². The zero-order valence-corrected chi connectivity index (χ0v) is 10.7. The number of amides is 1. The van der Waals surface area contributed by atoms with Crippen LogP contribution in [0.4, 0.5) is 0 Å². The summed E-state index contributed by atoms with van der Waals surface area (Å²) in [5, 5.41) is 8.82. The van der Waals surface area contributed by atoms with Crippen molar-refractivity contribution in [2.45, 2.75) is 51.2 Å². The van der Waals surface area contributed by atoms with E-state index in [4.69, 9.17) is 9.84 Å². The third-order valence-corrected chi connectivity index (χ3v) is 3.63. The molecule has 1 aliphatic rings. The number of hydrogen-bond donors (Lipinski definition) is 1. The van der Waals surface area contributed by atoms with Gasteiger partial charge in [-0.1, -0.05) is 6.92 Å². The minimum atomic E-state index is -0.856. The summed E-state index contributed by atoms with van der Waals surface area (Å²) in [5.41, 5.74) is -0.832. The number of carboxylic acids is 1. The summed E-state index contributed by atoms with van der Waals surface area (Å²) in [6.45, 7) is 4.28. The Morgan fingerprint density at radius 1 is 1.53 bits per heavy atom. The highest BCUT2D eigenvalue weighted by Gasteiger charge is 2.40. The molecule has 17 heavy (non-hydrogen) atoms. The van der Waals surface area contributed by atoms with Crippen molar-refractivity contribution in [3.63, 3.8) is 0 Å². The van der Waals surface area contributed by atoms with Crippen LogP contribution in [0.25, 0.3) is 0 Å². The van der Waals surface area contributed by atoms with Gasteiger partial charge in [0.15, 0.2) is 0 Å². The van der Waals surface area contributed by atoms with Gasteiger partial charge in [0, 0.05) is 19.7 Å². The lowest BCUT2D eigenvalue weighted by molar-refractivity contribution is -0.155. The summed E-state index contributed by atoms with van der Waals surface area (Å²) in [5.74, 6) is -0.948. The van der Waals surface area contributed by atoms with E-state index in [-0.39, 0.29) is 18.4 Å². The molecular formula is C12H21NO4. The summed E-state index contributed by atoms with van der Waals surface area (Å²) in [4.78, 5) is 24.7. The van der Waals surface area contributed by atoms with Crippen LogP contribution in [0.5, 0.6) is 0 Å². The van der Waals surface area contributed by atoms with Crippen LogP contribution in [-0.2, 0) is 14.3 Å². The third kappa shape index (κ3) is 2.97. The van der Waals surface area contributed by atoms with Gasteiger partial charge in [-0.2, -0.15) is 0 Å². The van der Waals surface area contributed by atoms with Gasteiger partial charge >= 0.3 is 5.97 Å². The van der Waals surface area contributed by atoms with E-state index in [0.717, 1.165) is 12.8 Å². The van der Waals surface area contributed by atoms with Crippen LogP contribution < -0.4 is 0 Å². The van der Waals surface area contributed by atoms with E-state index >= 15 is 0 Å². The maximum Gasteiger partial charge on any atom is 0.305 e. The van der Waals surface area contributed by atoms with Crippen molar-refractivity contribution in [3.05, 3.63) is 0 Å². The van der Waals surface area contributed by atoms with Crippen molar-refractivity contribution in [1.82, 2.24) is 4.90 Å². The first-order chi connectivity index (χ1) is 7.94. The van der Waals surface area contributed by atoms with Crippen molar-refractivity contribution in [1.29, 1.82) is 0 Å². The SMILES string of the molecule is CCC(C)(OC)C(=O)N1CCCC1CC(=O)O. The molecule has 1 aliphatic heterocycles. The fourth-order valence-electron chi connectivity index (χ4n) is 2.20. The fourth-order valence-corrected chi connectivity index (χ4v) is 2.20. The lowest BCUT2D eigenvalue weighted by Gasteiger charge is -2.33. The van der Waals surface area contributed by atoms with Gasteiger partial charge in [0.25, 0.3) is 5.91 Å². The molecule has 0 spiro atoms. The van der Waals surface area contributed by atoms with Gasteiger partial charge in [0.1, 0.15) is 5.60 Å². The molecule has 98 valence electrons. The summed E-state index contributed by atoms with van der Waals surface area (Å²) in [7, 11) is 1.52. The molecule has 0 aliphatic carbocycles. The minimum absolute atomic E-state index is 0.0231. The average molecular weight is 243 g/mol. The van der Waals surface area contributed by atoms with Crippen molar-refractivity contribution >= 4 is 11.9 Å². The van der Waals surface area contributed by atoms with E-state index < -0.39 is 11.6 Å². The molecule has 1 heterocycles. The highest BCUT2D eigenvalue weighted by atomic mass is 16.5. The molecule has 2 unspecified atom stereocenters. The Morgan fingerprint density at radius 3 is 2.65 bits per heavy atom. The van der Waals surface area contributed by atoms with Crippen LogP contribution in [0.3, 0.4) is 0 Å². The first-order valence-corrected chi connectivity index (χ1v) is 6.02. The number of hydrogen-bond acceptors (Lipinski definition) is 3. The quantitative estimate of drug-likeness (QED) is 0.789. The summed E-state index contributed by atoms with van der Waals surface area (Å²) in [6, 6.07) is -0.180. The van der Waals surface area contributed by atoms with Crippen LogP contribution in [0, 0.1) is 0 Å². The third-order valence-electron chi connectivity index (χ3n) is 3.63. The second-order valence-corrected chi connectivity index (χ2v) is 4.68. The molecule has 0 aromatic heterocycles. The van der Waals surface area contributed by atoms with E-state index in [9.17, 15) is 9.59 Å². The number of aliphatic carboxylic acids is 1. The molecule has 1 saturated heterocycles. The number of nitrogens with zero attached hydrogens (tertiary/aromatic N) is 1. The number of carbonyl (C=O) groups is 2. The van der Waals surface area contributed by atoms with E-state index in [1.165, 1.54) is 7.11 Å². The standard InChI is InChI=1S/C12H21NO4/c1-4-12(2,17-3)11(16)13-7-5-6-9(13)8-10(14)15/h9H,4-8H2,1-3H3,(H,14,15). The maximum absolute atomic E-state index is 12.3. The van der Waals surface area contributed by atoms with Crippen LogP contribution in [0.1, 0.15) is 39.5 Å². The highest BCUT2D eigenvalue weighted by molar-refractivity contribution is 5.85. The summed E-state index contributed by atoms with van der Waals surface area (Å²) >= 11 is 0. The van der Waals surface area contributed by atoms with Gasteiger partial charge in [-0.15, -0.1) is 0 Å². The molecule has 0 radical (unpaired) electrons. The zero-order valence-electron chi connectivity index (χ0n) is 10.7. The van der Waals surface area contributed by atoms with Crippen LogP contribution >= 0.6 is 0 Å². The van der Waals surface area contributed by atoms with Gasteiger partial charge in [0.2, 0.25) is 0 Å². The van der Waals surface area contributed by atoms with Crippen LogP contribution in [-0.4, -0.2) is 47.2 Å². The Kier molecular flexibility index (Phi) is 4.51. The average Bonchev–Trinajstić information content (AvgIpc) is 2.74. The molecule has 1 fully saturated rings. The van der Waals surface area contributed by atoms with E-state index in [2.05, 4.69) is 0 Å². The molecular weight excluding hydrogens is 222 g/mol. The Balaban J connectivity index is 2.77. The predicted molar refractivity (Wildman–Crippen MR) is 62.7 cm³/mol. The van der Waals surface area contributed by atoms with Crippen molar-refractivity contribution < 1.29 is 19.4 Å². The van der Waals surface area contributed by atoms with Gasteiger partial charge < -0.3 is 14.7 Å². The van der Waals surface area contributed by atoms with Crippen LogP contribution in [0.15, 0.2) is 0 Å². The maximum atomic E-state index is 12.3. The molecule has 5 heteroatoms. The lowest BCUT2D eigenvalue weighted by atomic mass is 10.0. The zero-order chi connectivity index (χ0) is 13.1.